The van der Waals surface area contributed by atoms with E-state index in [-0.39, 0.29) is 11.9 Å². The van der Waals surface area contributed by atoms with Gasteiger partial charge in [-0.2, -0.15) is 9.61 Å². The van der Waals surface area contributed by atoms with Gasteiger partial charge in [0.1, 0.15) is 5.82 Å². The van der Waals surface area contributed by atoms with Crippen molar-refractivity contribution in [1.29, 1.82) is 0 Å². The fraction of sp³-hybridized carbons (Fsp3) is 0.381. The van der Waals surface area contributed by atoms with Crippen LogP contribution < -0.4 is 11.1 Å². The lowest BCUT2D eigenvalue weighted by molar-refractivity contribution is 0.0360. The highest BCUT2D eigenvalue weighted by molar-refractivity contribution is 5.98. The average Bonchev–Trinajstić information content (AvgIpc) is 3.14. The van der Waals surface area contributed by atoms with Crippen molar-refractivity contribution in [1.82, 2.24) is 24.8 Å². The molecule has 1 saturated heterocycles. The zero-order chi connectivity index (χ0) is 20.2. The molecule has 0 radical (unpaired) electrons. The summed E-state index contributed by atoms with van der Waals surface area (Å²) in [6.45, 7) is 6.10. The molecule has 3 aromatic rings. The largest absolute Gasteiger partial charge is 0.383 e. The number of anilines is 1. The van der Waals surface area contributed by atoms with Crippen molar-refractivity contribution < 1.29 is 9.53 Å². The molecule has 8 heteroatoms. The molecule has 3 N–H and O–H groups in total. The highest BCUT2D eigenvalue weighted by Crippen LogP contribution is 2.20. The van der Waals surface area contributed by atoms with Crippen molar-refractivity contribution in [2.45, 2.75) is 19.4 Å². The first kappa shape index (κ1) is 19.4. The lowest BCUT2D eigenvalue weighted by Gasteiger charge is -2.29. The summed E-state index contributed by atoms with van der Waals surface area (Å²) < 4.78 is 6.93. The Bertz CT molecular complexity index is 982. The monoisotopic (exact) mass is 394 g/mol. The van der Waals surface area contributed by atoms with Crippen molar-refractivity contribution in [3.05, 3.63) is 59.4 Å². The minimum absolute atomic E-state index is 0.124. The molecule has 0 spiro atoms. The van der Waals surface area contributed by atoms with Gasteiger partial charge in [-0.15, -0.1) is 0 Å². The van der Waals surface area contributed by atoms with E-state index < -0.39 is 0 Å². The fourth-order valence-corrected chi connectivity index (χ4v) is 3.62. The molecule has 0 saturated carbocycles. The Balaban J connectivity index is 1.53. The van der Waals surface area contributed by atoms with Gasteiger partial charge in [0.05, 0.1) is 30.5 Å². The quantitative estimate of drug-likeness (QED) is 0.662. The number of aromatic nitrogens is 3. The topological polar surface area (TPSA) is 97.8 Å². The van der Waals surface area contributed by atoms with Crippen LogP contribution in [0, 0.1) is 6.92 Å². The van der Waals surface area contributed by atoms with Gasteiger partial charge in [0, 0.05) is 31.9 Å². The number of nitrogens with zero attached hydrogens (tertiary/aromatic N) is 4. The first-order valence-electron chi connectivity index (χ1n) is 9.88. The standard InChI is InChI=1S/C21H26N6O2/c1-15-13-19-23-14-17(20(22)27(19)25-15)21(28)24-18(16-5-3-2-4-6-16)7-8-26-9-11-29-12-10-26/h2-6,13-14,18H,7-12,22H2,1H3,(H,24,28). The van der Waals surface area contributed by atoms with Crippen molar-refractivity contribution >= 4 is 17.4 Å². The molecule has 1 unspecified atom stereocenters. The number of carbonyl (C=O) groups excluding carboxylic acids is 1. The van der Waals surface area contributed by atoms with Gasteiger partial charge >= 0.3 is 0 Å². The number of nitrogens with one attached hydrogen (secondary N) is 1. The van der Waals surface area contributed by atoms with E-state index in [2.05, 4.69) is 20.3 Å². The summed E-state index contributed by atoms with van der Waals surface area (Å²) in [4.78, 5) is 19.7. The van der Waals surface area contributed by atoms with Gasteiger partial charge in [-0.05, 0) is 18.9 Å². The number of rotatable bonds is 6. The van der Waals surface area contributed by atoms with Crippen LogP contribution in [0.4, 0.5) is 5.82 Å². The van der Waals surface area contributed by atoms with E-state index in [0.29, 0.717) is 17.0 Å². The second kappa shape index (κ2) is 8.59. The summed E-state index contributed by atoms with van der Waals surface area (Å²) in [5.41, 5.74) is 9.04. The van der Waals surface area contributed by atoms with Gasteiger partial charge in [-0.3, -0.25) is 9.69 Å². The van der Waals surface area contributed by atoms with Gasteiger partial charge in [0.15, 0.2) is 5.65 Å². The van der Waals surface area contributed by atoms with Crippen LogP contribution >= 0.6 is 0 Å². The predicted molar refractivity (Wildman–Crippen MR) is 111 cm³/mol. The number of amides is 1. The zero-order valence-corrected chi connectivity index (χ0v) is 16.5. The Labute approximate surface area is 169 Å². The number of hydrogen-bond donors (Lipinski definition) is 2. The smallest absolute Gasteiger partial charge is 0.257 e. The number of fused-ring (bicyclic) bond motifs is 1. The number of benzene rings is 1. The summed E-state index contributed by atoms with van der Waals surface area (Å²) in [7, 11) is 0. The number of nitrogens with two attached hydrogens (primary N) is 1. The van der Waals surface area contributed by atoms with Crippen LogP contribution in [-0.4, -0.2) is 58.3 Å². The third-order valence-corrected chi connectivity index (χ3v) is 5.23. The maximum atomic E-state index is 13.0. The molecule has 1 aromatic carbocycles. The molecule has 0 bridgehead atoms. The van der Waals surface area contributed by atoms with E-state index in [1.165, 1.54) is 10.7 Å². The van der Waals surface area contributed by atoms with Crippen molar-refractivity contribution in [3.63, 3.8) is 0 Å². The van der Waals surface area contributed by atoms with E-state index in [1.807, 2.05) is 43.3 Å². The average molecular weight is 394 g/mol. The molecular weight excluding hydrogens is 368 g/mol. The van der Waals surface area contributed by atoms with Gasteiger partial charge in [0.2, 0.25) is 0 Å². The maximum Gasteiger partial charge on any atom is 0.257 e. The molecule has 1 aliphatic heterocycles. The van der Waals surface area contributed by atoms with E-state index in [1.54, 1.807) is 0 Å². The maximum absolute atomic E-state index is 13.0. The molecule has 1 atom stereocenters. The molecule has 1 amide bonds. The Morgan fingerprint density at radius 2 is 2.03 bits per heavy atom. The Hall–Kier alpha value is -2.97. The van der Waals surface area contributed by atoms with Crippen LogP contribution in [0.25, 0.3) is 5.65 Å². The van der Waals surface area contributed by atoms with Crippen LogP contribution in [0.2, 0.25) is 0 Å². The Kier molecular flexibility index (Phi) is 5.73. The summed E-state index contributed by atoms with van der Waals surface area (Å²) >= 11 is 0. The summed E-state index contributed by atoms with van der Waals surface area (Å²) in [6.07, 6.45) is 2.32. The highest BCUT2D eigenvalue weighted by Gasteiger charge is 2.21. The van der Waals surface area contributed by atoms with Crippen LogP contribution in [0.3, 0.4) is 0 Å². The fourth-order valence-electron chi connectivity index (χ4n) is 3.62. The normalized spacial score (nSPS) is 16.0. The minimum Gasteiger partial charge on any atom is -0.383 e. The highest BCUT2D eigenvalue weighted by atomic mass is 16.5. The van der Waals surface area contributed by atoms with Gasteiger partial charge in [-0.1, -0.05) is 30.3 Å². The number of morpholine rings is 1. The third kappa shape index (κ3) is 4.38. The molecule has 29 heavy (non-hydrogen) atoms. The summed E-state index contributed by atoms with van der Waals surface area (Å²) in [5.74, 6) is 0.0430. The Morgan fingerprint density at radius 1 is 1.28 bits per heavy atom. The molecular formula is C21H26N6O2. The molecule has 1 fully saturated rings. The Morgan fingerprint density at radius 3 is 2.79 bits per heavy atom. The second-order valence-corrected chi connectivity index (χ2v) is 7.29. The first-order valence-corrected chi connectivity index (χ1v) is 9.88. The lowest BCUT2D eigenvalue weighted by Crippen LogP contribution is -2.39. The molecule has 1 aliphatic rings. The van der Waals surface area contributed by atoms with E-state index in [9.17, 15) is 4.79 Å². The number of aryl methyl sites for hydroxylation is 1. The number of hydrogen-bond acceptors (Lipinski definition) is 6. The van der Waals surface area contributed by atoms with Gasteiger partial charge in [-0.25, -0.2) is 4.98 Å². The van der Waals surface area contributed by atoms with E-state index >= 15 is 0 Å². The van der Waals surface area contributed by atoms with Gasteiger partial charge < -0.3 is 15.8 Å². The molecule has 0 aliphatic carbocycles. The van der Waals surface area contributed by atoms with Crippen LogP contribution in [-0.2, 0) is 4.74 Å². The molecule has 4 rings (SSSR count). The molecule has 152 valence electrons. The van der Waals surface area contributed by atoms with Gasteiger partial charge in [0.25, 0.3) is 5.91 Å². The van der Waals surface area contributed by atoms with E-state index in [0.717, 1.165) is 50.5 Å². The lowest BCUT2D eigenvalue weighted by atomic mass is 10.0. The summed E-state index contributed by atoms with van der Waals surface area (Å²) in [6, 6.07) is 11.7. The number of carbonyl (C=O) groups is 1. The second-order valence-electron chi connectivity index (χ2n) is 7.29. The third-order valence-electron chi connectivity index (χ3n) is 5.23. The van der Waals surface area contributed by atoms with Crippen LogP contribution in [0.15, 0.2) is 42.6 Å². The van der Waals surface area contributed by atoms with Crippen molar-refractivity contribution in [3.8, 4) is 0 Å². The number of ether oxygens (including phenoxy) is 1. The summed E-state index contributed by atoms with van der Waals surface area (Å²) in [5, 5.41) is 7.46. The zero-order valence-electron chi connectivity index (χ0n) is 16.5. The SMILES string of the molecule is Cc1cc2ncc(C(=O)NC(CCN3CCOCC3)c3ccccc3)c(N)n2n1. The number of nitrogen functional groups attached to an aromatic ring is 1. The van der Waals surface area contributed by atoms with Crippen molar-refractivity contribution in [2.24, 2.45) is 0 Å². The van der Waals surface area contributed by atoms with Crippen LogP contribution in [0.1, 0.15) is 34.1 Å². The molecule has 2 aromatic heterocycles. The minimum atomic E-state index is -0.249. The van der Waals surface area contributed by atoms with E-state index in [4.69, 9.17) is 10.5 Å². The predicted octanol–water partition coefficient (Wildman–Crippen LogP) is 1.81. The molecule has 8 nitrogen and oxygen atoms in total. The van der Waals surface area contributed by atoms with Crippen molar-refractivity contribution in [2.75, 3.05) is 38.6 Å². The van der Waals surface area contributed by atoms with Crippen LogP contribution in [0.5, 0.6) is 0 Å². The first-order chi connectivity index (χ1) is 14.1. The molecule has 3 heterocycles.